The predicted octanol–water partition coefficient (Wildman–Crippen LogP) is 11.8. The number of benzene rings is 5. The first-order valence-corrected chi connectivity index (χ1v) is 17.8. The molecule has 0 bridgehead atoms. The fourth-order valence-electron chi connectivity index (χ4n) is 8.30. The molecule has 2 aliphatic carbocycles. The quantitative estimate of drug-likeness (QED) is 0.182. The fourth-order valence-corrected chi connectivity index (χ4v) is 10.3. The Kier molecular flexibility index (Phi) is 6.04. The average Bonchev–Trinajstić information content (AvgIpc) is 3.84. The molecule has 0 spiro atoms. The molecule has 0 atom stereocenters. The monoisotopic (exact) mass is 626 g/mol. The van der Waals surface area contributed by atoms with Crippen LogP contribution in [-0.2, 0) is 10.8 Å². The Labute approximate surface area is 279 Å². The fraction of sp³-hybridized carbons (Fsp3) is 0.136. The van der Waals surface area contributed by atoms with Crippen molar-refractivity contribution in [2.75, 3.05) is 0 Å². The van der Waals surface area contributed by atoms with Gasteiger partial charge >= 0.3 is 0 Å². The van der Waals surface area contributed by atoms with Gasteiger partial charge in [0.15, 0.2) is 0 Å². The van der Waals surface area contributed by atoms with Crippen LogP contribution in [0, 0.1) is 27.7 Å². The zero-order chi connectivity index (χ0) is 31.2. The van der Waals surface area contributed by atoms with Crippen LogP contribution in [0.3, 0.4) is 0 Å². The highest BCUT2D eigenvalue weighted by molar-refractivity contribution is 7.14. The molecule has 5 aromatic carbocycles. The highest BCUT2D eigenvalue weighted by Gasteiger charge is 2.52. The molecule has 2 heteroatoms. The summed E-state index contributed by atoms with van der Waals surface area (Å²) in [7, 11) is 0. The lowest BCUT2D eigenvalue weighted by Crippen LogP contribution is -2.29. The maximum atomic E-state index is 2.58. The Morgan fingerprint density at radius 2 is 0.630 bits per heavy atom. The third-order valence-corrected chi connectivity index (χ3v) is 12.4. The van der Waals surface area contributed by atoms with Gasteiger partial charge < -0.3 is 0 Å². The first-order valence-electron chi connectivity index (χ1n) is 16.1. The van der Waals surface area contributed by atoms with Crippen LogP contribution in [0.4, 0.5) is 0 Å². The number of aryl methyl sites for hydroxylation is 4. The molecule has 0 amide bonds. The van der Waals surface area contributed by atoms with Crippen molar-refractivity contribution in [1.29, 1.82) is 0 Å². The number of rotatable bonds is 4. The van der Waals surface area contributed by atoms with Gasteiger partial charge in [0.1, 0.15) is 0 Å². The largest absolute Gasteiger partial charge is 0.143 e. The Bertz CT molecular complexity index is 2000. The molecule has 0 unspecified atom stereocenters. The zero-order valence-electron chi connectivity index (χ0n) is 26.5. The molecule has 0 saturated carbocycles. The van der Waals surface area contributed by atoms with Gasteiger partial charge in [0.25, 0.3) is 0 Å². The molecule has 46 heavy (non-hydrogen) atoms. The number of fused-ring (bicyclic) bond motifs is 6. The second kappa shape index (κ2) is 10.00. The lowest BCUT2D eigenvalue weighted by Gasteiger charge is -2.35. The minimum atomic E-state index is -0.391. The second-order valence-corrected chi connectivity index (χ2v) is 15.1. The Morgan fingerprint density at radius 1 is 0.348 bits per heavy atom. The molecule has 0 radical (unpaired) electrons. The van der Waals surface area contributed by atoms with Crippen molar-refractivity contribution in [3.05, 3.63) is 199 Å². The molecule has 2 aromatic heterocycles. The van der Waals surface area contributed by atoms with Gasteiger partial charge in [0.05, 0.1) is 10.8 Å². The van der Waals surface area contributed by atoms with Crippen molar-refractivity contribution in [1.82, 2.24) is 0 Å². The maximum Gasteiger partial charge on any atom is 0.0722 e. The molecule has 0 aliphatic heterocycles. The maximum absolute atomic E-state index is 2.58. The van der Waals surface area contributed by atoms with Crippen LogP contribution in [0.1, 0.15) is 66.8 Å². The molecular weight excluding hydrogens is 593 g/mol. The van der Waals surface area contributed by atoms with Crippen molar-refractivity contribution < 1.29 is 0 Å². The second-order valence-electron chi connectivity index (χ2n) is 13.2. The topological polar surface area (TPSA) is 0 Å². The molecule has 0 fully saturated rings. The minimum Gasteiger partial charge on any atom is -0.143 e. The predicted molar refractivity (Wildman–Crippen MR) is 196 cm³/mol. The van der Waals surface area contributed by atoms with E-state index >= 15 is 0 Å². The van der Waals surface area contributed by atoms with E-state index in [-0.39, 0.29) is 0 Å². The summed E-state index contributed by atoms with van der Waals surface area (Å²) in [5.41, 5.74) is 18.0. The Hall–Kier alpha value is -4.50. The van der Waals surface area contributed by atoms with E-state index in [0.29, 0.717) is 0 Å². The van der Waals surface area contributed by atoms with Gasteiger partial charge in [-0.05, 0) is 118 Å². The smallest absolute Gasteiger partial charge is 0.0722 e. The number of hydrogen-bond donors (Lipinski definition) is 0. The molecule has 0 nitrogen and oxygen atoms in total. The summed E-state index contributed by atoms with van der Waals surface area (Å²) < 4.78 is 0. The first-order chi connectivity index (χ1) is 22.4. The van der Waals surface area contributed by atoms with Crippen LogP contribution >= 0.6 is 22.7 Å². The first kappa shape index (κ1) is 27.8. The highest BCUT2D eigenvalue weighted by atomic mass is 32.1. The van der Waals surface area contributed by atoms with E-state index in [9.17, 15) is 0 Å². The van der Waals surface area contributed by atoms with E-state index in [1.165, 1.54) is 87.6 Å². The van der Waals surface area contributed by atoms with E-state index in [1.807, 2.05) is 22.7 Å². The number of hydrogen-bond acceptors (Lipinski definition) is 2. The van der Waals surface area contributed by atoms with Gasteiger partial charge in [-0.3, -0.25) is 0 Å². The molecule has 7 aromatic rings. The molecule has 0 N–H and O–H groups in total. The standard InChI is InChI=1S/C44H34S2/c1-27-5-13-31(14-6-27)43(32-15-7-28(2)8-16-32)37-21-23-45-41(37)35-26-40-36(25-39(35)43)42-38(22-24-46-42)44(40,33-17-9-29(3)10-18-33)34-19-11-30(4)12-20-34/h5-26H,1-4H3. The van der Waals surface area contributed by atoms with Gasteiger partial charge in [-0.25, -0.2) is 0 Å². The van der Waals surface area contributed by atoms with Crippen molar-refractivity contribution in [2.24, 2.45) is 0 Å². The molecule has 222 valence electrons. The van der Waals surface area contributed by atoms with Crippen molar-refractivity contribution in [3.63, 3.8) is 0 Å². The van der Waals surface area contributed by atoms with E-state index in [2.05, 4.69) is 160 Å². The third kappa shape index (κ3) is 3.60. The van der Waals surface area contributed by atoms with Gasteiger partial charge in [-0.2, -0.15) is 0 Å². The summed E-state index contributed by atoms with van der Waals surface area (Å²) in [5.74, 6) is 0. The molecule has 2 aliphatic rings. The molecule has 9 rings (SSSR count). The summed E-state index contributed by atoms with van der Waals surface area (Å²) in [6.45, 7) is 8.73. The lowest BCUT2D eigenvalue weighted by molar-refractivity contribution is 0.759. The molecule has 0 saturated heterocycles. The summed E-state index contributed by atoms with van der Waals surface area (Å²) >= 11 is 3.76. The molecule has 2 heterocycles. The third-order valence-electron chi connectivity index (χ3n) is 10.5. The number of thiophene rings is 2. The van der Waals surface area contributed by atoms with E-state index in [0.717, 1.165) is 0 Å². The summed E-state index contributed by atoms with van der Waals surface area (Å²) in [4.78, 5) is 2.77. The summed E-state index contributed by atoms with van der Waals surface area (Å²) in [6.07, 6.45) is 0. The van der Waals surface area contributed by atoms with Crippen LogP contribution in [-0.4, -0.2) is 0 Å². The van der Waals surface area contributed by atoms with Gasteiger partial charge in [-0.15, -0.1) is 22.7 Å². The molecular formula is C44H34S2. The van der Waals surface area contributed by atoms with Crippen LogP contribution in [0.5, 0.6) is 0 Å². The van der Waals surface area contributed by atoms with Crippen LogP contribution in [0.15, 0.2) is 132 Å². The minimum absolute atomic E-state index is 0.391. The van der Waals surface area contributed by atoms with E-state index < -0.39 is 10.8 Å². The summed E-state index contributed by atoms with van der Waals surface area (Å²) in [5, 5.41) is 4.59. The average molecular weight is 627 g/mol. The lowest BCUT2D eigenvalue weighted by atomic mass is 9.66. The van der Waals surface area contributed by atoms with Crippen LogP contribution in [0.2, 0.25) is 0 Å². The summed E-state index contributed by atoms with van der Waals surface area (Å²) in [6, 6.07) is 47.0. The SMILES string of the molecule is Cc1ccc(C2(c3ccc(C)cc3)c3cc4c(cc3-c3sccc32)C(c2ccc(C)cc2)(c2ccc(C)cc2)c2ccsc2-4)cc1. The highest BCUT2D eigenvalue weighted by Crippen LogP contribution is 2.64. The van der Waals surface area contributed by atoms with Crippen LogP contribution in [0.25, 0.3) is 20.9 Å². The van der Waals surface area contributed by atoms with Gasteiger partial charge in [0.2, 0.25) is 0 Å². The van der Waals surface area contributed by atoms with E-state index in [4.69, 9.17) is 0 Å². The van der Waals surface area contributed by atoms with Crippen molar-refractivity contribution in [3.8, 4) is 20.9 Å². The van der Waals surface area contributed by atoms with Crippen molar-refractivity contribution >= 4 is 22.7 Å². The van der Waals surface area contributed by atoms with Crippen LogP contribution < -0.4 is 0 Å². The van der Waals surface area contributed by atoms with Gasteiger partial charge in [-0.1, -0.05) is 119 Å². The normalized spacial score (nSPS) is 14.9. The van der Waals surface area contributed by atoms with Gasteiger partial charge in [0, 0.05) is 9.75 Å². The zero-order valence-corrected chi connectivity index (χ0v) is 28.2. The Morgan fingerprint density at radius 3 is 0.913 bits per heavy atom. The van der Waals surface area contributed by atoms with E-state index in [1.54, 1.807) is 0 Å². The Balaban J connectivity index is 1.42. The van der Waals surface area contributed by atoms with Crippen molar-refractivity contribution in [2.45, 2.75) is 38.5 Å².